The average molecular weight is 285 g/mol. The smallest absolute Gasteiger partial charge is 0.254 e. The van der Waals surface area contributed by atoms with Gasteiger partial charge >= 0.3 is 0 Å². The van der Waals surface area contributed by atoms with Gasteiger partial charge in [-0.25, -0.2) is 0 Å². The molecule has 2 aliphatic heterocycles. The minimum absolute atomic E-state index is 0.00384. The van der Waals surface area contributed by atoms with Crippen molar-refractivity contribution in [3.05, 3.63) is 35.4 Å². The molecule has 0 radical (unpaired) electrons. The van der Waals surface area contributed by atoms with Crippen molar-refractivity contribution in [3.8, 4) is 0 Å². The Balaban J connectivity index is 1.35. The predicted octanol–water partition coefficient (Wildman–Crippen LogP) is 3.09. The largest absolute Gasteiger partial charge is 0.354 e. The third-order valence-corrected chi connectivity index (χ3v) is 5.21. The maximum absolute atomic E-state index is 12.3. The molecule has 0 bridgehead atoms. The van der Waals surface area contributed by atoms with Crippen LogP contribution in [0.2, 0.25) is 0 Å². The topological polar surface area (TPSA) is 32.8 Å². The van der Waals surface area contributed by atoms with Crippen LogP contribution in [0, 0.1) is 5.92 Å². The van der Waals surface area contributed by atoms with Gasteiger partial charge < -0.3 is 9.64 Å². The maximum Gasteiger partial charge on any atom is 0.254 e. The lowest BCUT2D eigenvalue weighted by Gasteiger charge is -2.25. The molecule has 1 aliphatic carbocycles. The van der Waals surface area contributed by atoms with Crippen molar-refractivity contribution in [1.82, 2.24) is 4.90 Å². The van der Waals surface area contributed by atoms with Crippen LogP contribution in [-0.2, 0) is 16.0 Å². The van der Waals surface area contributed by atoms with Gasteiger partial charge in [0.25, 0.3) is 5.91 Å². The molecule has 4 rings (SSSR count). The minimum atomic E-state index is -0.222. The van der Waals surface area contributed by atoms with E-state index in [2.05, 4.69) is 24.3 Å². The number of amides is 1. The minimum Gasteiger partial charge on any atom is -0.354 e. The zero-order chi connectivity index (χ0) is 14.2. The zero-order valence-electron chi connectivity index (χ0n) is 12.5. The van der Waals surface area contributed by atoms with Crippen molar-refractivity contribution < 1.29 is 9.53 Å². The number of epoxide rings is 1. The summed E-state index contributed by atoms with van der Waals surface area (Å²) in [6, 6.07) is 8.73. The van der Waals surface area contributed by atoms with Gasteiger partial charge in [0, 0.05) is 13.1 Å². The highest BCUT2D eigenvalue weighted by molar-refractivity contribution is 5.84. The summed E-state index contributed by atoms with van der Waals surface area (Å²) in [4.78, 5) is 14.2. The summed E-state index contributed by atoms with van der Waals surface area (Å²) in [7, 11) is 0. The van der Waals surface area contributed by atoms with Gasteiger partial charge in [0.15, 0.2) is 6.10 Å². The molecule has 1 aromatic carbocycles. The highest BCUT2D eigenvalue weighted by Gasteiger charge is 2.48. The Bertz CT molecular complexity index is 515. The molecular weight excluding hydrogens is 262 g/mol. The Kier molecular flexibility index (Phi) is 3.46. The van der Waals surface area contributed by atoms with Crippen LogP contribution < -0.4 is 0 Å². The molecule has 3 heteroatoms. The van der Waals surface area contributed by atoms with E-state index < -0.39 is 0 Å². The van der Waals surface area contributed by atoms with E-state index >= 15 is 0 Å². The molecule has 3 aliphatic rings. The average Bonchev–Trinajstić information content (AvgIpc) is 3.07. The Morgan fingerprint density at radius 2 is 1.81 bits per heavy atom. The lowest BCUT2D eigenvalue weighted by Crippen LogP contribution is -2.31. The summed E-state index contributed by atoms with van der Waals surface area (Å²) >= 11 is 0. The molecule has 0 spiro atoms. The van der Waals surface area contributed by atoms with Gasteiger partial charge in [0.05, 0.1) is 0 Å². The second kappa shape index (κ2) is 5.45. The lowest BCUT2D eigenvalue weighted by atomic mass is 9.81. The molecular formula is C18H23NO2. The number of carbonyl (C=O) groups excluding carboxylic acids is 1. The quantitative estimate of drug-likeness (QED) is 0.796. The van der Waals surface area contributed by atoms with Gasteiger partial charge in [-0.15, -0.1) is 0 Å². The van der Waals surface area contributed by atoms with Crippen LogP contribution in [0.4, 0.5) is 0 Å². The molecule has 2 unspecified atom stereocenters. The number of ether oxygens (including phenoxy) is 1. The molecule has 3 fully saturated rings. The maximum atomic E-state index is 12.3. The third-order valence-electron chi connectivity index (χ3n) is 5.21. The monoisotopic (exact) mass is 285 g/mol. The fraction of sp³-hybridized carbons (Fsp3) is 0.611. The Morgan fingerprint density at radius 1 is 1.10 bits per heavy atom. The number of carbonyl (C=O) groups is 1. The molecule has 2 heterocycles. The molecule has 2 atom stereocenters. The van der Waals surface area contributed by atoms with Gasteiger partial charge in [-0.3, -0.25) is 4.79 Å². The van der Waals surface area contributed by atoms with Crippen LogP contribution in [0.3, 0.4) is 0 Å². The predicted molar refractivity (Wildman–Crippen MR) is 80.9 cm³/mol. The van der Waals surface area contributed by atoms with E-state index in [4.69, 9.17) is 4.74 Å². The van der Waals surface area contributed by atoms with Gasteiger partial charge in [0.1, 0.15) is 6.10 Å². The normalized spacial score (nSPS) is 28.5. The second-order valence-electron chi connectivity index (χ2n) is 6.75. The standard InChI is InChI=1S/C18H23NO2/c20-18(19-10-1-2-11-19)17-16(21-17)15-8-6-14(7-9-15)12-13-4-3-5-13/h6-9,13,16-17H,1-5,10-12H2. The van der Waals surface area contributed by atoms with Crippen LogP contribution in [0.25, 0.3) is 0 Å². The molecule has 1 saturated carbocycles. The number of rotatable bonds is 4. The fourth-order valence-electron chi connectivity index (χ4n) is 3.54. The number of nitrogens with zero attached hydrogens (tertiary/aromatic N) is 1. The first-order valence-electron chi connectivity index (χ1n) is 8.34. The third kappa shape index (κ3) is 2.71. The molecule has 112 valence electrons. The summed E-state index contributed by atoms with van der Waals surface area (Å²) in [5.41, 5.74) is 2.58. The van der Waals surface area contributed by atoms with E-state index in [1.165, 1.54) is 31.2 Å². The Labute approximate surface area is 126 Å². The first kappa shape index (κ1) is 13.3. The molecule has 0 aromatic heterocycles. The van der Waals surface area contributed by atoms with E-state index in [-0.39, 0.29) is 18.1 Å². The molecule has 1 amide bonds. The summed E-state index contributed by atoms with van der Waals surface area (Å²) in [5.74, 6) is 1.09. The first-order valence-corrected chi connectivity index (χ1v) is 8.34. The van der Waals surface area contributed by atoms with Crippen LogP contribution >= 0.6 is 0 Å². The van der Waals surface area contributed by atoms with Gasteiger partial charge in [-0.05, 0) is 36.3 Å². The first-order chi connectivity index (χ1) is 10.3. The van der Waals surface area contributed by atoms with E-state index in [0.717, 1.165) is 37.4 Å². The molecule has 1 aromatic rings. The van der Waals surface area contributed by atoms with Crippen molar-refractivity contribution >= 4 is 5.91 Å². The van der Waals surface area contributed by atoms with E-state index in [9.17, 15) is 4.79 Å². The lowest BCUT2D eigenvalue weighted by molar-refractivity contribution is -0.131. The molecule has 2 saturated heterocycles. The summed E-state index contributed by atoms with van der Waals surface area (Å²) < 4.78 is 5.64. The fourth-order valence-corrected chi connectivity index (χ4v) is 3.54. The zero-order valence-corrected chi connectivity index (χ0v) is 12.5. The molecule has 0 N–H and O–H groups in total. The van der Waals surface area contributed by atoms with Crippen molar-refractivity contribution in [3.63, 3.8) is 0 Å². The Hall–Kier alpha value is -1.35. The molecule has 21 heavy (non-hydrogen) atoms. The second-order valence-corrected chi connectivity index (χ2v) is 6.75. The summed E-state index contributed by atoms with van der Waals surface area (Å²) in [6.07, 6.45) is 7.44. The SMILES string of the molecule is O=C(C1OC1c1ccc(CC2CCC2)cc1)N1CCCC1. The number of hydrogen-bond donors (Lipinski definition) is 0. The number of likely N-dealkylation sites (tertiary alicyclic amines) is 1. The van der Waals surface area contributed by atoms with Crippen LogP contribution in [0.15, 0.2) is 24.3 Å². The van der Waals surface area contributed by atoms with Crippen molar-refractivity contribution in [2.75, 3.05) is 13.1 Å². The number of hydrogen-bond acceptors (Lipinski definition) is 2. The van der Waals surface area contributed by atoms with Gasteiger partial charge in [-0.2, -0.15) is 0 Å². The Morgan fingerprint density at radius 3 is 2.43 bits per heavy atom. The summed E-state index contributed by atoms with van der Waals surface area (Å²) in [5, 5.41) is 0. The van der Waals surface area contributed by atoms with E-state index in [1.807, 2.05) is 4.90 Å². The van der Waals surface area contributed by atoms with Gasteiger partial charge in [-0.1, -0.05) is 43.5 Å². The van der Waals surface area contributed by atoms with E-state index in [0.29, 0.717) is 0 Å². The van der Waals surface area contributed by atoms with Crippen molar-refractivity contribution in [2.45, 2.75) is 50.7 Å². The van der Waals surface area contributed by atoms with Crippen LogP contribution in [0.5, 0.6) is 0 Å². The van der Waals surface area contributed by atoms with Crippen molar-refractivity contribution in [1.29, 1.82) is 0 Å². The number of benzene rings is 1. The van der Waals surface area contributed by atoms with Crippen molar-refractivity contribution in [2.24, 2.45) is 5.92 Å². The highest BCUT2D eigenvalue weighted by Crippen LogP contribution is 2.40. The van der Waals surface area contributed by atoms with Crippen LogP contribution in [0.1, 0.15) is 49.3 Å². The van der Waals surface area contributed by atoms with Crippen LogP contribution in [-0.4, -0.2) is 30.0 Å². The molecule has 3 nitrogen and oxygen atoms in total. The van der Waals surface area contributed by atoms with Gasteiger partial charge in [0.2, 0.25) is 0 Å². The highest BCUT2D eigenvalue weighted by atomic mass is 16.6. The van der Waals surface area contributed by atoms with E-state index in [1.54, 1.807) is 0 Å². The summed E-state index contributed by atoms with van der Waals surface area (Å²) in [6.45, 7) is 1.82.